The second-order valence-corrected chi connectivity index (χ2v) is 10.9. The van der Waals surface area contributed by atoms with E-state index in [-0.39, 0.29) is 17.0 Å². The van der Waals surface area contributed by atoms with E-state index in [1.165, 1.54) is 24.5 Å². The molecule has 4 heterocycles. The Bertz CT molecular complexity index is 1500. The van der Waals surface area contributed by atoms with Gasteiger partial charge in [0.25, 0.3) is 0 Å². The van der Waals surface area contributed by atoms with Gasteiger partial charge in [0.1, 0.15) is 23.7 Å². The summed E-state index contributed by atoms with van der Waals surface area (Å²) in [6.07, 6.45) is 3.32. The molecule has 6 rings (SSSR count). The van der Waals surface area contributed by atoms with Crippen molar-refractivity contribution in [3.05, 3.63) is 71.8 Å². The Morgan fingerprint density at radius 2 is 1.95 bits per heavy atom. The number of halogens is 2. The van der Waals surface area contributed by atoms with Crippen LogP contribution in [-0.2, 0) is 14.4 Å². The van der Waals surface area contributed by atoms with E-state index in [2.05, 4.69) is 37.0 Å². The van der Waals surface area contributed by atoms with Gasteiger partial charge in [-0.1, -0.05) is 24.2 Å². The zero-order valence-corrected chi connectivity index (χ0v) is 24.5. The fraction of sp³-hybridized carbons (Fsp3) is 0.367. The van der Waals surface area contributed by atoms with E-state index in [9.17, 15) is 9.18 Å². The highest BCUT2D eigenvalue weighted by Gasteiger charge is 2.31. The number of hydrogen-bond donors (Lipinski definition) is 2. The van der Waals surface area contributed by atoms with Crippen molar-refractivity contribution in [2.45, 2.75) is 18.5 Å². The van der Waals surface area contributed by atoms with Gasteiger partial charge in [-0.05, 0) is 29.8 Å². The van der Waals surface area contributed by atoms with Crippen LogP contribution in [-0.4, -0.2) is 79.9 Å². The zero-order valence-electron chi connectivity index (χ0n) is 23.8. The Morgan fingerprint density at radius 3 is 2.65 bits per heavy atom. The molecule has 43 heavy (non-hydrogen) atoms. The number of ether oxygens (including phenoxy) is 2. The zero-order chi connectivity index (χ0) is 29.9. The minimum Gasteiger partial charge on any atom is -0.494 e. The lowest BCUT2D eigenvalue weighted by atomic mass is 10.0. The van der Waals surface area contributed by atoms with Gasteiger partial charge in [0.15, 0.2) is 5.82 Å². The lowest BCUT2D eigenvalue weighted by Gasteiger charge is -2.43. The Kier molecular flexibility index (Phi) is 8.61. The average Bonchev–Trinajstić information content (AvgIpc) is 3.49. The number of benzene rings is 2. The predicted molar refractivity (Wildman–Crippen MR) is 163 cm³/mol. The molecule has 1 amide bonds. The van der Waals surface area contributed by atoms with E-state index >= 15 is 0 Å². The molecule has 3 saturated heterocycles. The molecule has 3 aliphatic heterocycles. The SMILES string of the molecule is C=CC(=O)Nc1cc(Nc2cc(N3OCCC3c3ccc(Cl)c(F)c3)ncn2)c(OC)cc1N1CCN(C2COC2)CC1. The number of carbonyl (C=O) groups is 1. The molecular formula is C30H33ClFN7O4. The molecular weight excluding hydrogens is 577 g/mol. The van der Waals surface area contributed by atoms with E-state index in [0.29, 0.717) is 47.8 Å². The van der Waals surface area contributed by atoms with Crippen LogP contribution in [0.1, 0.15) is 18.0 Å². The number of hydroxylamine groups is 1. The number of piperazine rings is 1. The molecule has 0 bridgehead atoms. The summed E-state index contributed by atoms with van der Waals surface area (Å²) in [7, 11) is 1.60. The van der Waals surface area contributed by atoms with Crippen LogP contribution in [0.15, 0.2) is 55.4 Å². The van der Waals surface area contributed by atoms with Crippen molar-refractivity contribution in [1.29, 1.82) is 0 Å². The van der Waals surface area contributed by atoms with Crippen molar-refractivity contribution in [2.24, 2.45) is 0 Å². The number of hydrogen-bond acceptors (Lipinski definition) is 10. The second kappa shape index (κ2) is 12.7. The van der Waals surface area contributed by atoms with Gasteiger partial charge in [-0.15, -0.1) is 0 Å². The Balaban J connectivity index is 1.25. The smallest absolute Gasteiger partial charge is 0.247 e. The fourth-order valence-electron chi connectivity index (χ4n) is 5.53. The third-order valence-electron chi connectivity index (χ3n) is 7.93. The predicted octanol–water partition coefficient (Wildman–Crippen LogP) is 4.55. The van der Waals surface area contributed by atoms with Gasteiger partial charge in [0.2, 0.25) is 5.91 Å². The minimum absolute atomic E-state index is 0.0670. The van der Waals surface area contributed by atoms with Crippen LogP contribution >= 0.6 is 11.6 Å². The first-order chi connectivity index (χ1) is 20.9. The highest BCUT2D eigenvalue weighted by Crippen LogP contribution is 2.40. The van der Waals surface area contributed by atoms with E-state index in [4.69, 9.17) is 25.9 Å². The molecule has 2 aromatic carbocycles. The summed E-state index contributed by atoms with van der Waals surface area (Å²) in [5, 5.41) is 7.98. The van der Waals surface area contributed by atoms with Gasteiger partial charge < -0.3 is 25.0 Å². The molecule has 3 aliphatic rings. The van der Waals surface area contributed by atoms with Crippen LogP contribution in [0.5, 0.6) is 5.75 Å². The summed E-state index contributed by atoms with van der Waals surface area (Å²) in [6.45, 7) is 9.02. The summed E-state index contributed by atoms with van der Waals surface area (Å²) in [4.78, 5) is 31.8. The van der Waals surface area contributed by atoms with Gasteiger partial charge >= 0.3 is 0 Å². The Morgan fingerprint density at radius 1 is 1.14 bits per heavy atom. The molecule has 0 radical (unpaired) electrons. The molecule has 11 nitrogen and oxygen atoms in total. The number of methoxy groups -OCH3 is 1. The average molecular weight is 610 g/mol. The molecule has 0 saturated carbocycles. The molecule has 3 aromatic rings. The first kappa shape index (κ1) is 29.1. The summed E-state index contributed by atoms with van der Waals surface area (Å²) < 4.78 is 25.3. The van der Waals surface area contributed by atoms with Crippen molar-refractivity contribution in [3.63, 3.8) is 0 Å². The number of nitrogens with zero attached hydrogens (tertiary/aromatic N) is 5. The van der Waals surface area contributed by atoms with Crippen LogP contribution in [0.25, 0.3) is 0 Å². The summed E-state index contributed by atoms with van der Waals surface area (Å²) in [5.41, 5.74) is 2.80. The van der Waals surface area contributed by atoms with Crippen molar-refractivity contribution in [1.82, 2.24) is 14.9 Å². The molecule has 0 spiro atoms. The second-order valence-electron chi connectivity index (χ2n) is 10.5. The third kappa shape index (κ3) is 6.23. The van der Waals surface area contributed by atoms with Crippen molar-refractivity contribution < 1.29 is 23.5 Å². The molecule has 1 unspecified atom stereocenters. The fourth-order valence-corrected chi connectivity index (χ4v) is 5.65. The van der Waals surface area contributed by atoms with Crippen LogP contribution in [0.2, 0.25) is 5.02 Å². The molecule has 3 fully saturated rings. The van der Waals surface area contributed by atoms with E-state index in [0.717, 1.165) is 50.6 Å². The summed E-state index contributed by atoms with van der Waals surface area (Å²) in [5.74, 6) is 0.753. The lowest BCUT2D eigenvalue weighted by molar-refractivity contribution is -0.111. The van der Waals surface area contributed by atoms with Gasteiger partial charge in [0.05, 0.1) is 61.1 Å². The lowest BCUT2D eigenvalue weighted by Crippen LogP contribution is -2.56. The number of aromatic nitrogens is 2. The van der Waals surface area contributed by atoms with Gasteiger partial charge in [-0.2, -0.15) is 0 Å². The maximum atomic E-state index is 14.2. The maximum absolute atomic E-state index is 14.2. The number of nitrogens with one attached hydrogen (secondary N) is 2. The molecule has 1 aromatic heterocycles. The first-order valence-corrected chi connectivity index (χ1v) is 14.5. The van der Waals surface area contributed by atoms with Crippen LogP contribution in [0.4, 0.5) is 33.1 Å². The molecule has 2 N–H and O–H groups in total. The number of rotatable bonds is 9. The van der Waals surface area contributed by atoms with Crippen molar-refractivity contribution >= 4 is 46.2 Å². The van der Waals surface area contributed by atoms with E-state index < -0.39 is 5.82 Å². The van der Waals surface area contributed by atoms with Crippen molar-refractivity contribution in [2.75, 3.05) is 73.7 Å². The molecule has 1 atom stereocenters. The first-order valence-electron chi connectivity index (χ1n) is 14.1. The third-order valence-corrected chi connectivity index (χ3v) is 8.23. The summed E-state index contributed by atoms with van der Waals surface area (Å²) >= 11 is 5.89. The molecule has 13 heteroatoms. The Hall–Kier alpha value is -3.97. The molecule has 226 valence electrons. The quantitative estimate of drug-likeness (QED) is 0.336. The highest BCUT2D eigenvalue weighted by molar-refractivity contribution is 6.30. The number of carbonyl (C=O) groups excluding carboxylic acids is 1. The standard InChI is InChI=1S/C30H33ClFN7O4/c1-3-30(40)36-23-13-24(27(41-2)14-26(23)38-9-7-37(8-10-38)20-16-42-17-20)35-28-15-29(34-18-33-28)39-25(6-11-43-39)19-4-5-21(31)22(32)12-19/h3-5,12-15,18,20,25H,1,6-11,16-17H2,2H3,(H,36,40)(H,33,34,35). The van der Waals surface area contributed by atoms with Gasteiger partial charge in [-0.25, -0.2) is 19.4 Å². The molecule has 0 aliphatic carbocycles. The van der Waals surface area contributed by atoms with Crippen LogP contribution in [0, 0.1) is 5.82 Å². The number of anilines is 5. The normalized spacial score (nSPS) is 19.2. The van der Waals surface area contributed by atoms with Gasteiger partial charge in [-0.3, -0.25) is 14.5 Å². The monoisotopic (exact) mass is 609 g/mol. The summed E-state index contributed by atoms with van der Waals surface area (Å²) in [6, 6.07) is 10.5. The van der Waals surface area contributed by atoms with Crippen LogP contribution < -0.4 is 25.3 Å². The topological polar surface area (TPSA) is 104 Å². The van der Waals surface area contributed by atoms with Crippen LogP contribution in [0.3, 0.4) is 0 Å². The Labute approximate surface area is 254 Å². The maximum Gasteiger partial charge on any atom is 0.247 e. The van der Waals surface area contributed by atoms with E-state index in [1.54, 1.807) is 24.3 Å². The highest BCUT2D eigenvalue weighted by atomic mass is 35.5. The minimum atomic E-state index is -0.485. The number of amides is 1. The van der Waals surface area contributed by atoms with Gasteiger partial charge in [0, 0.05) is 44.7 Å². The largest absolute Gasteiger partial charge is 0.494 e. The van der Waals surface area contributed by atoms with Crippen molar-refractivity contribution in [3.8, 4) is 5.75 Å². The van der Waals surface area contributed by atoms with E-state index in [1.807, 2.05) is 12.1 Å².